The predicted octanol–water partition coefficient (Wildman–Crippen LogP) is 4.39. The molecule has 0 bridgehead atoms. The molecule has 2 aromatic rings. The van der Waals surface area contributed by atoms with Gasteiger partial charge >= 0.3 is 0 Å². The first-order chi connectivity index (χ1) is 14.1. The van der Waals surface area contributed by atoms with E-state index in [2.05, 4.69) is 27.0 Å². The largest absolute Gasteiger partial charge is 0.348 e. The van der Waals surface area contributed by atoms with Gasteiger partial charge in [-0.2, -0.15) is 5.26 Å². The fourth-order valence-corrected chi connectivity index (χ4v) is 4.55. The molecule has 2 N–H and O–H groups in total. The van der Waals surface area contributed by atoms with E-state index in [1.807, 2.05) is 81.6 Å². The van der Waals surface area contributed by atoms with Crippen molar-refractivity contribution in [1.29, 1.82) is 5.26 Å². The minimum atomic E-state index is -1.59. The highest BCUT2D eigenvalue weighted by Crippen LogP contribution is 2.29. The lowest BCUT2D eigenvalue weighted by Gasteiger charge is -2.19. The highest BCUT2D eigenvalue weighted by atomic mass is 32.2. The molecular formula is C24H30N4OS. The van der Waals surface area contributed by atoms with Gasteiger partial charge in [0.15, 0.2) is 0 Å². The zero-order valence-electron chi connectivity index (χ0n) is 18.3. The number of nitrogens with one attached hydrogen (secondary N) is 2. The van der Waals surface area contributed by atoms with Crippen LogP contribution in [0.3, 0.4) is 0 Å². The van der Waals surface area contributed by atoms with Crippen LogP contribution >= 0.6 is 9.39 Å². The Morgan fingerprint density at radius 1 is 1.20 bits per heavy atom. The van der Waals surface area contributed by atoms with Crippen molar-refractivity contribution in [3.63, 3.8) is 0 Å². The number of carbonyl (C=O) groups excluding carboxylic acids is 1. The van der Waals surface area contributed by atoms with E-state index in [0.29, 0.717) is 12.1 Å². The number of hydrogen-bond acceptors (Lipinski definition) is 3. The topological polar surface area (TPSA) is 77.3 Å². The Morgan fingerprint density at radius 3 is 2.30 bits per heavy atom. The Labute approximate surface area is 180 Å². The normalized spacial score (nSPS) is 13.7. The van der Waals surface area contributed by atoms with Gasteiger partial charge in [0.1, 0.15) is 5.84 Å². The predicted molar refractivity (Wildman–Crippen MR) is 130 cm³/mol. The number of aliphatic imine (C=N–C) groups is 1. The van der Waals surface area contributed by atoms with Crippen LogP contribution in [0, 0.1) is 11.3 Å². The Bertz CT molecular complexity index is 1080. The van der Waals surface area contributed by atoms with Gasteiger partial charge in [0.25, 0.3) is 5.91 Å². The monoisotopic (exact) mass is 422 g/mol. The number of benzene rings is 2. The number of amidine groups is 1. The van der Waals surface area contributed by atoms with Gasteiger partial charge in [-0.05, 0) is 68.5 Å². The molecular weight excluding hydrogens is 392 g/mol. The standard InChI is InChI=1S/C24H30N4OS/c1-7-30(6,28-18(2)26-5)22-14-10-20(11-15-22)23(29)27-16-19-8-12-21(13-9-19)24(3,4)17-25/h7-15H,6,16H2,1-5H3,(H,26,28)(H,27,29). The number of rotatable bonds is 6. The minimum absolute atomic E-state index is 0.132. The second kappa shape index (κ2) is 9.64. The van der Waals surface area contributed by atoms with E-state index in [9.17, 15) is 10.1 Å². The summed E-state index contributed by atoms with van der Waals surface area (Å²) in [6.07, 6.45) is 0. The maximum Gasteiger partial charge on any atom is 0.251 e. The molecule has 2 rings (SSSR count). The zero-order chi connectivity index (χ0) is 22.4. The molecule has 0 aliphatic carbocycles. The van der Waals surface area contributed by atoms with Crippen molar-refractivity contribution < 1.29 is 4.79 Å². The fourth-order valence-electron chi connectivity index (χ4n) is 2.80. The maximum absolute atomic E-state index is 12.5. The summed E-state index contributed by atoms with van der Waals surface area (Å²) in [5.41, 5.74) is 2.01. The van der Waals surface area contributed by atoms with Gasteiger partial charge in [-0.15, -0.1) is 9.39 Å². The van der Waals surface area contributed by atoms with Gasteiger partial charge in [-0.3, -0.25) is 9.79 Å². The van der Waals surface area contributed by atoms with Crippen LogP contribution in [0.5, 0.6) is 0 Å². The summed E-state index contributed by atoms with van der Waals surface area (Å²) in [6, 6.07) is 17.6. The lowest BCUT2D eigenvalue weighted by Crippen LogP contribution is -2.23. The molecule has 2 aromatic carbocycles. The van der Waals surface area contributed by atoms with Crippen LogP contribution in [0.15, 0.2) is 58.4 Å². The Balaban J connectivity index is 2.07. The van der Waals surface area contributed by atoms with Gasteiger partial charge in [0, 0.05) is 24.1 Å². The number of amides is 1. The van der Waals surface area contributed by atoms with E-state index in [1.165, 1.54) is 0 Å². The molecule has 6 heteroatoms. The summed E-state index contributed by atoms with van der Waals surface area (Å²) < 4.78 is 3.37. The van der Waals surface area contributed by atoms with E-state index in [0.717, 1.165) is 21.9 Å². The summed E-state index contributed by atoms with van der Waals surface area (Å²) >= 11 is 0. The van der Waals surface area contributed by atoms with Crippen molar-refractivity contribution in [3.05, 3.63) is 65.2 Å². The molecule has 0 aliphatic heterocycles. The summed E-state index contributed by atoms with van der Waals surface area (Å²) in [5.74, 6) is 5.03. The van der Waals surface area contributed by atoms with Gasteiger partial charge in [-0.25, -0.2) is 0 Å². The van der Waals surface area contributed by atoms with Gasteiger partial charge < -0.3 is 10.0 Å². The average molecular weight is 423 g/mol. The number of nitrogens with zero attached hydrogens (tertiary/aromatic N) is 2. The molecule has 0 aliphatic rings. The molecule has 0 radical (unpaired) electrons. The van der Waals surface area contributed by atoms with Crippen molar-refractivity contribution in [3.8, 4) is 6.07 Å². The SMILES string of the molecule is C=S(=CC)(NC(C)=NC)c1ccc(C(=O)NCc2ccc(C(C)(C)C#N)cc2)cc1. The number of nitriles is 1. The zero-order valence-corrected chi connectivity index (χ0v) is 19.1. The maximum atomic E-state index is 12.5. The second-order valence-electron chi connectivity index (χ2n) is 7.58. The van der Waals surface area contributed by atoms with Crippen molar-refractivity contribution in [2.45, 2.75) is 44.6 Å². The second-order valence-corrected chi connectivity index (χ2v) is 10.3. The smallest absolute Gasteiger partial charge is 0.251 e. The van der Waals surface area contributed by atoms with Crippen molar-refractivity contribution in [2.24, 2.45) is 4.99 Å². The molecule has 0 aromatic heterocycles. The van der Waals surface area contributed by atoms with Crippen LogP contribution in [0.1, 0.15) is 49.2 Å². The summed E-state index contributed by atoms with van der Waals surface area (Å²) in [5, 5.41) is 14.2. The van der Waals surface area contributed by atoms with Crippen LogP contribution in [-0.4, -0.2) is 30.0 Å². The molecule has 0 spiro atoms. The quantitative estimate of drug-likeness (QED) is 0.412. The van der Waals surface area contributed by atoms with E-state index >= 15 is 0 Å². The molecule has 0 fully saturated rings. The highest BCUT2D eigenvalue weighted by Gasteiger charge is 2.19. The molecule has 0 heterocycles. The van der Waals surface area contributed by atoms with Crippen LogP contribution in [-0.2, 0) is 12.0 Å². The third-order valence-corrected chi connectivity index (χ3v) is 7.59. The van der Waals surface area contributed by atoms with Crippen molar-refractivity contribution in [1.82, 2.24) is 10.0 Å². The third kappa shape index (κ3) is 5.52. The molecule has 1 unspecified atom stereocenters. The molecule has 1 amide bonds. The van der Waals surface area contributed by atoms with Crippen LogP contribution < -0.4 is 10.0 Å². The lowest BCUT2D eigenvalue weighted by atomic mass is 9.86. The van der Waals surface area contributed by atoms with Gasteiger partial charge in [0.2, 0.25) is 0 Å². The Morgan fingerprint density at radius 2 is 1.80 bits per heavy atom. The fraction of sp³-hybridized carbons (Fsp3) is 0.292. The van der Waals surface area contributed by atoms with Crippen LogP contribution in [0.4, 0.5) is 0 Å². The molecule has 30 heavy (non-hydrogen) atoms. The Kier molecular flexibility index (Phi) is 7.47. The van der Waals surface area contributed by atoms with E-state index < -0.39 is 14.8 Å². The summed E-state index contributed by atoms with van der Waals surface area (Å²) in [7, 11) is 0.146. The van der Waals surface area contributed by atoms with Gasteiger partial charge in [-0.1, -0.05) is 30.1 Å². The lowest BCUT2D eigenvalue weighted by molar-refractivity contribution is 0.0951. The van der Waals surface area contributed by atoms with E-state index in [1.54, 1.807) is 7.05 Å². The molecule has 5 nitrogen and oxygen atoms in total. The minimum Gasteiger partial charge on any atom is -0.348 e. The van der Waals surface area contributed by atoms with Crippen molar-refractivity contribution in [2.75, 3.05) is 7.05 Å². The Hall–Kier alpha value is -3.04. The average Bonchev–Trinajstić information content (AvgIpc) is 2.77. The molecule has 158 valence electrons. The third-order valence-electron chi connectivity index (χ3n) is 5.01. The van der Waals surface area contributed by atoms with Crippen molar-refractivity contribution >= 4 is 32.4 Å². The van der Waals surface area contributed by atoms with Gasteiger partial charge in [0.05, 0.1) is 11.5 Å². The highest BCUT2D eigenvalue weighted by molar-refractivity contribution is 8.27. The first-order valence-corrected chi connectivity index (χ1v) is 11.6. The first-order valence-electron chi connectivity index (χ1n) is 9.71. The van der Waals surface area contributed by atoms with Crippen LogP contribution in [0.2, 0.25) is 0 Å². The number of hydrogen-bond donors (Lipinski definition) is 2. The molecule has 0 saturated heterocycles. The molecule has 0 saturated carbocycles. The molecule has 1 atom stereocenters. The first kappa shape index (κ1) is 23.2. The summed E-state index contributed by atoms with van der Waals surface area (Å²) in [4.78, 5) is 17.7. The van der Waals surface area contributed by atoms with E-state index in [-0.39, 0.29) is 5.91 Å². The number of carbonyl (C=O) groups is 1. The summed E-state index contributed by atoms with van der Waals surface area (Å²) in [6.45, 7) is 8.08. The van der Waals surface area contributed by atoms with E-state index in [4.69, 9.17) is 0 Å². The van der Waals surface area contributed by atoms with Crippen LogP contribution in [0.25, 0.3) is 0 Å².